The molecule has 2 aromatic heterocycles. The average Bonchev–Trinajstić information content (AvgIpc) is 3.05. The number of esters is 1. The monoisotopic (exact) mass is 425 g/mol. The van der Waals surface area contributed by atoms with Crippen molar-refractivity contribution in [3.8, 4) is 0 Å². The Labute approximate surface area is 173 Å². The van der Waals surface area contributed by atoms with E-state index in [0.29, 0.717) is 20.5 Å². The molecule has 29 heavy (non-hydrogen) atoms. The van der Waals surface area contributed by atoms with Crippen molar-refractivity contribution in [2.24, 2.45) is 0 Å². The molecule has 0 aliphatic heterocycles. The number of aromatic nitrogens is 2. The summed E-state index contributed by atoms with van der Waals surface area (Å²) >= 11 is 6.54. The minimum Gasteiger partial charge on any atom is -0.465 e. The van der Waals surface area contributed by atoms with Crippen molar-refractivity contribution in [3.05, 3.63) is 72.8 Å². The van der Waals surface area contributed by atoms with E-state index in [9.17, 15) is 14.4 Å². The maximum atomic E-state index is 12.9. The number of amides is 1. The van der Waals surface area contributed by atoms with E-state index in [2.05, 4.69) is 10.3 Å². The van der Waals surface area contributed by atoms with Crippen LogP contribution >= 0.6 is 23.6 Å². The lowest BCUT2D eigenvalue weighted by atomic mass is 10.1. The molecule has 0 bridgehead atoms. The van der Waals surface area contributed by atoms with Crippen LogP contribution in [0.4, 0.5) is 5.69 Å². The van der Waals surface area contributed by atoms with Crippen LogP contribution in [0.15, 0.2) is 47.3 Å². The number of rotatable bonds is 3. The summed E-state index contributed by atoms with van der Waals surface area (Å²) in [7, 11) is 1.28. The van der Waals surface area contributed by atoms with Gasteiger partial charge >= 0.3 is 5.97 Å². The predicted octanol–water partition coefficient (Wildman–Crippen LogP) is 3.92. The fraction of sp³-hybridized carbons (Fsp3) is 0.100. The standard InChI is InChI=1S/C20H15N3O4S2/c1-10-5-3-4-6-13(10)21-18(25)15-16-22-17(24)12-8-7-11(19(26)27-2)9-14(12)23(16)20(28)29-15/h3-9H,1-2H3,(H,21,25)(H,22,24). The van der Waals surface area contributed by atoms with Crippen LogP contribution < -0.4 is 10.9 Å². The van der Waals surface area contributed by atoms with E-state index in [-0.39, 0.29) is 27.6 Å². The van der Waals surface area contributed by atoms with E-state index in [1.165, 1.54) is 25.3 Å². The summed E-state index contributed by atoms with van der Waals surface area (Å²) in [5.74, 6) is -0.906. The first-order valence-electron chi connectivity index (χ1n) is 8.57. The highest BCUT2D eigenvalue weighted by molar-refractivity contribution is 7.73. The zero-order chi connectivity index (χ0) is 20.7. The minimum absolute atomic E-state index is 0.278. The third-order valence-corrected chi connectivity index (χ3v) is 5.92. The number of para-hydroxylation sites is 1. The molecule has 0 saturated carbocycles. The molecule has 7 nitrogen and oxygen atoms in total. The molecule has 4 aromatic rings. The van der Waals surface area contributed by atoms with Crippen LogP contribution in [0.3, 0.4) is 0 Å². The van der Waals surface area contributed by atoms with Gasteiger partial charge in [-0.2, -0.15) is 0 Å². The second kappa shape index (κ2) is 7.26. The Morgan fingerprint density at radius 2 is 1.97 bits per heavy atom. The number of anilines is 1. The second-order valence-electron chi connectivity index (χ2n) is 6.33. The van der Waals surface area contributed by atoms with Crippen molar-refractivity contribution in [2.45, 2.75) is 6.92 Å². The molecule has 0 saturated heterocycles. The lowest BCUT2D eigenvalue weighted by Gasteiger charge is -2.08. The highest BCUT2D eigenvalue weighted by Crippen LogP contribution is 2.25. The molecule has 0 radical (unpaired) electrons. The van der Waals surface area contributed by atoms with E-state index in [0.717, 1.165) is 16.9 Å². The third-order valence-electron chi connectivity index (χ3n) is 4.55. The van der Waals surface area contributed by atoms with Gasteiger partial charge in [0.2, 0.25) is 0 Å². The molecule has 2 N–H and O–H groups in total. The SMILES string of the molecule is COC(=O)c1ccc2c(=O)[nH]c3c(C(=O)Nc4ccccc4C)sc(=S)n3c2c1. The third kappa shape index (κ3) is 3.24. The molecule has 0 aliphatic carbocycles. The number of thiazole rings is 1. The summed E-state index contributed by atoms with van der Waals surface area (Å²) < 4.78 is 6.72. The van der Waals surface area contributed by atoms with Crippen molar-refractivity contribution in [1.82, 2.24) is 9.38 Å². The lowest BCUT2D eigenvalue weighted by Crippen LogP contribution is -2.15. The number of H-pyrrole nitrogens is 1. The number of methoxy groups -OCH3 is 1. The van der Waals surface area contributed by atoms with Gasteiger partial charge in [-0.05, 0) is 49.0 Å². The molecule has 2 heterocycles. The first-order chi connectivity index (χ1) is 13.9. The molecule has 0 spiro atoms. The minimum atomic E-state index is -0.528. The number of fused-ring (bicyclic) bond motifs is 3. The van der Waals surface area contributed by atoms with E-state index in [4.69, 9.17) is 17.0 Å². The largest absolute Gasteiger partial charge is 0.465 e. The Bertz CT molecular complexity index is 1420. The van der Waals surface area contributed by atoms with Crippen LogP contribution in [-0.2, 0) is 4.74 Å². The number of nitrogens with zero attached hydrogens (tertiary/aromatic N) is 1. The van der Waals surface area contributed by atoms with Crippen LogP contribution in [0.5, 0.6) is 0 Å². The van der Waals surface area contributed by atoms with Crippen LogP contribution in [0.2, 0.25) is 0 Å². The molecule has 2 aromatic carbocycles. The Morgan fingerprint density at radius 3 is 2.69 bits per heavy atom. The van der Waals surface area contributed by atoms with E-state index in [1.807, 2.05) is 25.1 Å². The van der Waals surface area contributed by atoms with Crippen molar-refractivity contribution < 1.29 is 14.3 Å². The number of carbonyl (C=O) groups is 2. The van der Waals surface area contributed by atoms with Crippen LogP contribution in [-0.4, -0.2) is 28.4 Å². The summed E-state index contributed by atoms with van der Waals surface area (Å²) in [6, 6.07) is 12.0. The Morgan fingerprint density at radius 1 is 1.21 bits per heavy atom. The molecular formula is C20H15N3O4S2. The van der Waals surface area contributed by atoms with Gasteiger partial charge in [-0.25, -0.2) is 4.79 Å². The Hall–Kier alpha value is -3.30. The Kier molecular flexibility index (Phi) is 4.77. The number of hydrogen-bond donors (Lipinski definition) is 2. The first-order valence-corrected chi connectivity index (χ1v) is 9.80. The fourth-order valence-electron chi connectivity index (χ4n) is 3.08. The molecule has 1 amide bonds. The number of carbonyl (C=O) groups excluding carboxylic acids is 2. The van der Waals surface area contributed by atoms with Gasteiger partial charge in [0.25, 0.3) is 11.5 Å². The average molecular weight is 425 g/mol. The summed E-state index contributed by atoms with van der Waals surface area (Å²) in [5, 5.41) is 3.21. The van der Waals surface area contributed by atoms with Crippen molar-refractivity contribution in [3.63, 3.8) is 0 Å². The molecule has 9 heteroatoms. The van der Waals surface area contributed by atoms with Gasteiger partial charge < -0.3 is 15.0 Å². The van der Waals surface area contributed by atoms with Crippen molar-refractivity contribution in [2.75, 3.05) is 12.4 Å². The highest BCUT2D eigenvalue weighted by Gasteiger charge is 2.19. The fourth-order valence-corrected chi connectivity index (χ4v) is 4.36. The first kappa shape index (κ1) is 19.0. The molecule has 0 atom stereocenters. The lowest BCUT2D eigenvalue weighted by molar-refractivity contribution is 0.0600. The van der Waals surface area contributed by atoms with Gasteiger partial charge in [0.15, 0.2) is 3.95 Å². The summed E-state index contributed by atoms with van der Waals surface area (Å²) in [6.45, 7) is 1.89. The summed E-state index contributed by atoms with van der Waals surface area (Å²) in [6.07, 6.45) is 0. The van der Waals surface area contributed by atoms with Crippen molar-refractivity contribution in [1.29, 1.82) is 0 Å². The van der Waals surface area contributed by atoms with Gasteiger partial charge in [-0.3, -0.25) is 14.0 Å². The Balaban J connectivity index is 1.92. The maximum absolute atomic E-state index is 12.9. The molecular weight excluding hydrogens is 410 g/mol. The van der Waals surface area contributed by atoms with E-state index in [1.54, 1.807) is 10.5 Å². The quantitative estimate of drug-likeness (QED) is 0.383. The summed E-state index contributed by atoms with van der Waals surface area (Å²) in [4.78, 5) is 40.4. The van der Waals surface area contributed by atoms with Gasteiger partial charge in [-0.15, -0.1) is 0 Å². The number of hydrogen-bond acceptors (Lipinski definition) is 6. The molecule has 0 unspecified atom stereocenters. The smallest absolute Gasteiger partial charge is 0.337 e. The van der Waals surface area contributed by atoms with Gasteiger partial charge in [0.1, 0.15) is 10.5 Å². The zero-order valence-corrected chi connectivity index (χ0v) is 17.1. The predicted molar refractivity (Wildman–Crippen MR) is 115 cm³/mol. The van der Waals surface area contributed by atoms with Crippen LogP contribution in [0, 0.1) is 10.9 Å². The number of aryl methyl sites for hydroxylation is 1. The van der Waals surface area contributed by atoms with Crippen LogP contribution in [0.25, 0.3) is 16.6 Å². The number of aromatic amines is 1. The van der Waals surface area contributed by atoms with E-state index >= 15 is 0 Å². The van der Waals surface area contributed by atoms with Crippen molar-refractivity contribution >= 4 is 57.7 Å². The molecule has 0 fully saturated rings. The molecule has 0 aliphatic rings. The molecule has 4 rings (SSSR count). The number of nitrogens with one attached hydrogen (secondary N) is 2. The normalized spacial score (nSPS) is 11.0. The van der Waals surface area contributed by atoms with Crippen LogP contribution in [0.1, 0.15) is 25.6 Å². The van der Waals surface area contributed by atoms with Gasteiger partial charge in [0.05, 0.1) is 23.6 Å². The van der Waals surface area contributed by atoms with Gasteiger partial charge in [-0.1, -0.05) is 29.5 Å². The summed E-state index contributed by atoms with van der Waals surface area (Å²) in [5.41, 5.74) is 2.20. The molecule has 146 valence electrons. The van der Waals surface area contributed by atoms with E-state index < -0.39 is 5.97 Å². The van der Waals surface area contributed by atoms with Gasteiger partial charge in [0, 0.05) is 5.69 Å². The number of ether oxygens (including phenoxy) is 1. The second-order valence-corrected chi connectivity index (χ2v) is 7.97. The maximum Gasteiger partial charge on any atom is 0.337 e. The highest BCUT2D eigenvalue weighted by atomic mass is 32.1. The number of benzene rings is 2. The topological polar surface area (TPSA) is 92.7 Å². The zero-order valence-electron chi connectivity index (χ0n) is 15.4.